The van der Waals surface area contributed by atoms with E-state index in [2.05, 4.69) is 0 Å². The third-order valence-electron chi connectivity index (χ3n) is 3.91. The molecule has 0 N–H and O–H groups in total. The van der Waals surface area contributed by atoms with Crippen LogP contribution < -0.4 is 9.48 Å². The second kappa shape index (κ2) is 8.29. The topological polar surface area (TPSA) is 60.4 Å². The van der Waals surface area contributed by atoms with Crippen molar-refractivity contribution in [3.63, 3.8) is 0 Å². The van der Waals surface area contributed by atoms with Crippen molar-refractivity contribution in [2.75, 3.05) is 7.11 Å². The maximum atomic E-state index is 12.4. The SMILES string of the molecule is COc1ccc(/C=C\C(=O)CC(=O)c2cc3ccc(Cl)cc3sc2=O)cc1. The summed E-state index contributed by atoms with van der Waals surface area (Å²) in [6.07, 6.45) is 2.61. The summed E-state index contributed by atoms with van der Waals surface area (Å²) in [7, 11) is 1.58. The molecule has 0 bridgehead atoms. The average Bonchev–Trinajstić information content (AvgIpc) is 2.66. The molecule has 0 atom stereocenters. The van der Waals surface area contributed by atoms with Gasteiger partial charge in [0.15, 0.2) is 11.6 Å². The Bertz CT molecular complexity index is 1100. The summed E-state index contributed by atoms with van der Waals surface area (Å²) in [5.41, 5.74) is 0.840. The van der Waals surface area contributed by atoms with Crippen molar-refractivity contribution < 1.29 is 14.3 Å². The third-order valence-corrected chi connectivity index (χ3v) is 5.12. The Hall–Kier alpha value is -2.76. The van der Waals surface area contributed by atoms with E-state index < -0.39 is 5.78 Å². The van der Waals surface area contributed by atoms with Gasteiger partial charge in [-0.2, -0.15) is 0 Å². The number of carbonyl (C=O) groups excluding carboxylic acids is 2. The molecule has 0 fully saturated rings. The van der Waals surface area contributed by atoms with Gasteiger partial charge in [0.25, 0.3) is 0 Å². The highest BCUT2D eigenvalue weighted by Gasteiger charge is 2.15. The summed E-state index contributed by atoms with van der Waals surface area (Å²) in [5.74, 6) is -0.135. The molecule has 1 aromatic heterocycles. The molecule has 0 unspecified atom stereocenters. The van der Waals surface area contributed by atoms with E-state index in [1.165, 1.54) is 12.1 Å². The van der Waals surface area contributed by atoms with Crippen LogP contribution in [0.15, 0.2) is 59.4 Å². The van der Waals surface area contributed by atoms with E-state index in [4.69, 9.17) is 16.3 Å². The first-order chi connectivity index (χ1) is 13.0. The monoisotopic (exact) mass is 398 g/mol. The molecule has 2 aromatic carbocycles. The Morgan fingerprint density at radius 2 is 1.85 bits per heavy atom. The molecule has 0 aliphatic rings. The van der Waals surface area contributed by atoms with Gasteiger partial charge in [0, 0.05) is 9.72 Å². The van der Waals surface area contributed by atoms with Crippen molar-refractivity contribution in [2.24, 2.45) is 0 Å². The van der Waals surface area contributed by atoms with Gasteiger partial charge in [-0.3, -0.25) is 14.4 Å². The molecular weight excluding hydrogens is 384 g/mol. The highest BCUT2D eigenvalue weighted by molar-refractivity contribution is 7.16. The molecule has 27 heavy (non-hydrogen) atoms. The summed E-state index contributed by atoms with van der Waals surface area (Å²) in [6, 6.07) is 13.8. The number of Topliss-reactive ketones (excluding diaryl/α,β-unsaturated/α-hetero) is 1. The quantitative estimate of drug-likeness (QED) is 0.340. The molecule has 0 aliphatic heterocycles. The van der Waals surface area contributed by atoms with E-state index in [0.717, 1.165) is 28.0 Å². The lowest BCUT2D eigenvalue weighted by atomic mass is 10.1. The molecular formula is C21H15ClO4S. The van der Waals surface area contributed by atoms with Gasteiger partial charge in [-0.15, -0.1) is 0 Å². The van der Waals surface area contributed by atoms with Crippen LogP contribution >= 0.6 is 22.9 Å². The third kappa shape index (κ3) is 4.70. The number of hydrogen-bond acceptors (Lipinski definition) is 5. The predicted octanol–water partition coefficient (Wildman–Crippen LogP) is 4.78. The number of allylic oxidation sites excluding steroid dienone is 1. The molecule has 0 radical (unpaired) electrons. The van der Waals surface area contributed by atoms with Gasteiger partial charge >= 0.3 is 0 Å². The molecule has 3 aromatic rings. The Labute approximate surface area is 164 Å². The van der Waals surface area contributed by atoms with Crippen LogP contribution in [0.25, 0.3) is 16.2 Å². The maximum Gasteiger partial charge on any atom is 0.243 e. The van der Waals surface area contributed by atoms with Crippen LogP contribution in [0.1, 0.15) is 22.3 Å². The van der Waals surface area contributed by atoms with Gasteiger partial charge in [-0.1, -0.05) is 47.2 Å². The molecule has 3 rings (SSSR count). The molecule has 0 aliphatic carbocycles. The first-order valence-corrected chi connectivity index (χ1v) is 9.27. The smallest absolute Gasteiger partial charge is 0.243 e. The summed E-state index contributed by atoms with van der Waals surface area (Å²) >= 11 is 6.87. The Morgan fingerprint density at radius 1 is 1.11 bits per heavy atom. The van der Waals surface area contributed by atoms with Gasteiger partial charge < -0.3 is 4.74 Å². The normalized spacial score (nSPS) is 11.0. The number of ketones is 2. The Balaban J connectivity index is 1.74. The molecule has 0 saturated heterocycles. The summed E-state index contributed by atoms with van der Waals surface area (Å²) in [4.78, 5) is 36.7. The average molecular weight is 399 g/mol. The Kier molecular flexibility index (Phi) is 5.84. The van der Waals surface area contributed by atoms with E-state index in [-0.39, 0.29) is 22.5 Å². The largest absolute Gasteiger partial charge is 0.497 e. The fourth-order valence-electron chi connectivity index (χ4n) is 2.50. The minimum atomic E-state index is -0.488. The first kappa shape index (κ1) is 19.0. The molecule has 136 valence electrons. The van der Waals surface area contributed by atoms with Crippen LogP contribution in [0.5, 0.6) is 5.75 Å². The number of benzene rings is 2. The predicted molar refractivity (Wildman–Crippen MR) is 109 cm³/mol. The zero-order chi connectivity index (χ0) is 19.4. The minimum absolute atomic E-state index is 0.0287. The highest BCUT2D eigenvalue weighted by Crippen LogP contribution is 2.22. The molecule has 6 heteroatoms. The number of methoxy groups -OCH3 is 1. The van der Waals surface area contributed by atoms with Crippen molar-refractivity contribution in [3.05, 3.63) is 80.3 Å². The lowest BCUT2D eigenvalue weighted by molar-refractivity contribution is -0.113. The summed E-state index contributed by atoms with van der Waals surface area (Å²) < 4.78 is 5.40. The van der Waals surface area contributed by atoms with E-state index in [0.29, 0.717) is 9.72 Å². The van der Waals surface area contributed by atoms with Gasteiger partial charge in [0.1, 0.15) is 5.75 Å². The molecule has 0 amide bonds. The van der Waals surface area contributed by atoms with Crippen LogP contribution in [0.4, 0.5) is 0 Å². The standard InChI is InChI=1S/C21H15ClO4S/c1-26-17-8-3-13(4-9-17)2-7-16(23)12-19(24)18-10-14-5-6-15(22)11-20(14)27-21(18)25/h2-11H,12H2,1H3/b7-2-. The number of carbonyl (C=O) groups is 2. The summed E-state index contributed by atoms with van der Waals surface area (Å²) in [5, 5.41) is 1.27. The van der Waals surface area contributed by atoms with Gasteiger partial charge in [-0.25, -0.2) is 0 Å². The van der Waals surface area contributed by atoms with Crippen molar-refractivity contribution >= 4 is 50.7 Å². The van der Waals surface area contributed by atoms with Gasteiger partial charge in [0.05, 0.1) is 19.1 Å². The number of fused-ring (bicyclic) bond motifs is 1. The minimum Gasteiger partial charge on any atom is -0.497 e. The molecule has 0 spiro atoms. The van der Waals surface area contributed by atoms with Crippen LogP contribution in [-0.2, 0) is 4.79 Å². The lowest BCUT2D eigenvalue weighted by Crippen LogP contribution is -2.14. The second-order valence-corrected chi connectivity index (χ2v) is 7.25. The number of ether oxygens (including phenoxy) is 1. The van der Waals surface area contributed by atoms with Crippen LogP contribution in [-0.4, -0.2) is 18.7 Å². The fourth-order valence-corrected chi connectivity index (χ4v) is 3.65. The number of halogens is 1. The fraction of sp³-hybridized carbons (Fsp3) is 0.0952. The number of hydrogen-bond donors (Lipinski definition) is 0. The van der Waals surface area contributed by atoms with Crippen molar-refractivity contribution in [2.45, 2.75) is 6.42 Å². The van der Waals surface area contributed by atoms with Crippen LogP contribution in [0, 0.1) is 0 Å². The molecule has 1 heterocycles. The first-order valence-electron chi connectivity index (χ1n) is 8.08. The molecule has 0 saturated carbocycles. The Morgan fingerprint density at radius 3 is 2.56 bits per heavy atom. The van der Waals surface area contributed by atoms with Crippen LogP contribution in [0.2, 0.25) is 5.02 Å². The van der Waals surface area contributed by atoms with Gasteiger partial charge in [-0.05, 0) is 47.4 Å². The van der Waals surface area contributed by atoms with Crippen molar-refractivity contribution in [1.29, 1.82) is 0 Å². The van der Waals surface area contributed by atoms with E-state index >= 15 is 0 Å². The van der Waals surface area contributed by atoms with E-state index in [1.807, 2.05) is 0 Å². The van der Waals surface area contributed by atoms with E-state index in [1.54, 1.807) is 55.7 Å². The van der Waals surface area contributed by atoms with E-state index in [9.17, 15) is 14.4 Å². The maximum absolute atomic E-state index is 12.4. The second-order valence-electron chi connectivity index (χ2n) is 5.80. The van der Waals surface area contributed by atoms with Gasteiger partial charge in [0.2, 0.25) is 4.74 Å². The van der Waals surface area contributed by atoms with Crippen LogP contribution in [0.3, 0.4) is 0 Å². The highest BCUT2D eigenvalue weighted by atomic mass is 35.5. The zero-order valence-electron chi connectivity index (χ0n) is 14.4. The summed E-state index contributed by atoms with van der Waals surface area (Å²) in [6.45, 7) is 0. The molecule has 4 nitrogen and oxygen atoms in total. The van der Waals surface area contributed by atoms with Crippen molar-refractivity contribution in [3.8, 4) is 5.75 Å². The zero-order valence-corrected chi connectivity index (χ0v) is 16.0. The van der Waals surface area contributed by atoms with Crippen molar-refractivity contribution in [1.82, 2.24) is 0 Å². The number of rotatable bonds is 6. The lowest BCUT2D eigenvalue weighted by Gasteiger charge is -2.02.